The monoisotopic (exact) mass is 489 g/mol. The van der Waals surface area contributed by atoms with Crippen LogP contribution in [0.4, 0.5) is 22.9 Å². The summed E-state index contributed by atoms with van der Waals surface area (Å²) in [6, 6.07) is 5.33. The quantitative estimate of drug-likeness (QED) is 0.550. The highest BCUT2D eigenvalue weighted by molar-refractivity contribution is 7.89. The number of methoxy groups -OCH3 is 1. The van der Waals surface area contributed by atoms with Crippen LogP contribution in [0.5, 0.6) is 5.75 Å². The Hall–Kier alpha value is -3.46. The van der Waals surface area contributed by atoms with Crippen molar-refractivity contribution in [2.75, 3.05) is 36.7 Å². The van der Waals surface area contributed by atoms with Crippen molar-refractivity contribution in [3.05, 3.63) is 23.4 Å². The molecule has 0 bridgehead atoms. The lowest BCUT2D eigenvalue weighted by atomic mass is 9.90. The summed E-state index contributed by atoms with van der Waals surface area (Å²) in [5.41, 5.74) is 1.02. The van der Waals surface area contributed by atoms with Gasteiger partial charge in [-0.15, -0.1) is 14.3 Å². The zero-order valence-electron chi connectivity index (χ0n) is 20.8. The average Bonchev–Trinajstić information content (AvgIpc) is 3.13. The Morgan fingerprint density at radius 3 is 2.32 bits per heavy atom. The van der Waals surface area contributed by atoms with E-state index in [1.807, 2.05) is 45.6 Å². The van der Waals surface area contributed by atoms with E-state index in [-0.39, 0.29) is 28.7 Å². The molecular weight excluding hydrogens is 458 g/mol. The van der Waals surface area contributed by atoms with Gasteiger partial charge in [0.1, 0.15) is 23.1 Å². The number of aromatic nitrogens is 2. The average molecular weight is 490 g/mol. The second-order valence-electron chi connectivity index (χ2n) is 8.61. The molecule has 0 aliphatic carbocycles. The number of carbonyl (C=O) groups is 1. The number of nitrogens with zero attached hydrogens (tertiary/aromatic N) is 6. The topological polar surface area (TPSA) is 142 Å². The van der Waals surface area contributed by atoms with Gasteiger partial charge >= 0.3 is 0 Å². The molecule has 0 atom stereocenters. The van der Waals surface area contributed by atoms with E-state index in [0.29, 0.717) is 28.6 Å². The number of azo groups is 1. The predicted molar refractivity (Wildman–Crippen MR) is 131 cm³/mol. The van der Waals surface area contributed by atoms with Crippen LogP contribution in [0.2, 0.25) is 0 Å². The Morgan fingerprint density at radius 1 is 1.26 bits per heavy atom. The highest BCUT2D eigenvalue weighted by Crippen LogP contribution is 2.40. The molecule has 34 heavy (non-hydrogen) atoms. The van der Waals surface area contributed by atoms with Crippen molar-refractivity contribution in [2.24, 2.45) is 10.2 Å². The predicted octanol–water partition coefficient (Wildman–Crippen LogP) is 4.09. The number of hydrogen-bond acceptors (Lipinski definition) is 9. The Labute approximate surface area is 200 Å². The van der Waals surface area contributed by atoms with E-state index in [1.54, 1.807) is 12.1 Å². The fourth-order valence-electron chi connectivity index (χ4n) is 3.34. The van der Waals surface area contributed by atoms with Crippen molar-refractivity contribution in [1.29, 1.82) is 5.26 Å². The molecule has 0 unspecified atom stereocenters. The maximum Gasteiger partial charge on any atom is 0.252 e. The van der Waals surface area contributed by atoms with Gasteiger partial charge in [-0.1, -0.05) is 20.8 Å². The van der Waals surface area contributed by atoms with Crippen molar-refractivity contribution >= 4 is 38.8 Å². The minimum absolute atomic E-state index is 0.00878. The van der Waals surface area contributed by atoms with Gasteiger partial charge in [0, 0.05) is 31.5 Å². The van der Waals surface area contributed by atoms with Gasteiger partial charge in [-0.2, -0.15) is 10.4 Å². The number of ether oxygens (including phenoxy) is 1. The molecule has 1 aromatic heterocycles. The lowest BCUT2D eigenvalue weighted by Gasteiger charge is -2.24. The van der Waals surface area contributed by atoms with Gasteiger partial charge in [-0.3, -0.25) is 4.79 Å². The second-order valence-corrected chi connectivity index (χ2v) is 10.4. The summed E-state index contributed by atoms with van der Waals surface area (Å²) in [5, 5.41) is 25.0. The van der Waals surface area contributed by atoms with Crippen molar-refractivity contribution < 1.29 is 17.9 Å². The molecule has 184 valence electrons. The van der Waals surface area contributed by atoms with Crippen LogP contribution in [-0.4, -0.2) is 50.0 Å². The maximum atomic E-state index is 12.4. The number of amides is 1. The molecule has 2 aromatic rings. The Bertz CT molecular complexity index is 1250. The molecule has 1 aromatic carbocycles. The summed E-state index contributed by atoms with van der Waals surface area (Å²) >= 11 is 0. The summed E-state index contributed by atoms with van der Waals surface area (Å²) in [6.07, 6.45) is 0.969. The molecule has 11 nitrogen and oxygen atoms in total. The van der Waals surface area contributed by atoms with Crippen LogP contribution >= 0.6 is 0 Å². The number of carbonyl (C=O) groups excluding carboxylic acids is 1. The third kappa shape index (κ3) is 5.72. The van der Waals surface area contributed by atoms with Gasteiger partial charge in [0.2, 0.25) is 11.7 Å². The number of nitrogens with one attached hydrogen (secondary N) is 1. The first-order chi connectivity index (χ1) is 15.8. The van der Waals surface area contributed by atoms with Crippen LogP contribution in [0.1, 0.15) is 52.8 Å². The summed E-state index contributed by atoms with van der Waals surface area (Å²) in [4.78, 5) is 13.9. The second kappa shape index (κ2) is 10.2. The lowest BCUT2D eigenvalue weighted by Crippen LogP contribution is -2.22. The molecule has 0 aliphatic rings. The van der Waals surface area contributed by atoms with Gasteiger partial charge in [-0.05, 0) is 19.9 Å². The molecule has 0 fully saturated rings. The van der Waals surface area contributed by atoms with E-state index in [0.717, 1.165) is 11.9 Å². The smallest absolute Gasteiger partial charge is 0.252 e. The molecule has 0 spiro atoms. The molecule has 2 rings (SSSR count). The molecule has 12 heteroatoms. The standard InChI is InChI=1S/C22H31N7O4S/c1-9-28(10-2)18-11-16(24-14(3)30)17(12-19(18)33-7)25-26-21-15(13-23)20(22(4,5)6)27-29(21)34(8,31)32/h11-12H,9-10H2,1-8H3,(H,24,30)/b26-25+. The summed E-state index contributed by atoms with van der Waals surface area (Å²) < 4.78 is 31.0. The molecule has 1 amide bonds. The Morgan fingerprint density at radius 2 is 1.88 bits per heavy atom. The molecule has 0 saturated carbocycles. The van der Waals surface area contributed by atoms with Gasteiger partial charge in [-0.25, -0.2) is 8.42 Å². The number of nitriles is 1. The summed E-state index contributed by atoms with van der Waals surface area (Å²) in [6.45, 7) is 12.2. The Balaban J connectivity index is 2.79. The molecule has 0 radical (unpaired) electrons. The lowest BCUT2D eigenvalue weighted by molar-refractivity contribution is -0.114. The number of anilines is 2. The number of hydrogen-bond donors (Lipinski definition) is 1. The van der Waals surface area contributed by atoms with Gasteiger partial charge < -0.3 is 15.0 Å². The van der Waals surface area contributed by atoms with E-state index in [9.17, 15) is 18.5 Å². The molecular formula is C22H31N7O4S. The highest BCUT2D eigenvalue weighted by atomic mass is 32.2. The first-order valence-electron chi connectivity index (χ1n) is 10.7. The zero-order chi connectivity index (χ0) is 25.8. The van der Waals surface area contributed by atoms with Crippen molar-refractivity contribution in [3.63, 3.8) is 0 Å². The van der Waals surface area contributed by atoms with Gasteiger partial charge in [0.15, 0.2) is 0 Å². The molecule has 1 heterocycles. The van der Waals surface area contributed by atoms with Crippen LogP contribution in [-0.2, 0) is 20.2 Å². The summed E-state index contributed by atoms with van der Waals surface area (Å²) in [7, 11) is -2.36. The van der Waals surface area contributed by atoms with E-state index < -0.39 is 15.4 Å². The van der Waals surface area contributed by atoms with E-state index in [4.69, 9.17) is 4.74 Å². The highest BCUT2D eigenvalue weighted by Gasteiger charge is 2.30. The first-order valence-corrected chi connectivity index (χ1v) is 12.5. The van der Waals surface area contributed by atoms with Gasteiger partial charge in [0.25, 0.3) is 10.0 Å². The number of rotatable bonds is 8. The van der Waals surface area contributed by atoms with Crippen LogP contribution in [0.15, 0.2) is 22.4 Å². The normalized spacial score (nSPS) is 12.0. The summed E-state index contributed by atoms with van der Waals surface area (Å²) in [5.74, 6) is -0.0317. The SMILES string of the molecule is CCN(CC)c1cc(NC(C)=O)c(/N=N/c2c(C#N)c(C(C)(C)C)nn2S(C)(=O)=O)cc1OC. The van der Waals surface area contributed by atoms with Crippen LogP contribution < -0.4 is 15.0 Å². The van der Waals surface area contributed by atoms with Gasteiger partial charge in [0.05, 0.1) is 30.4 Å². The van der Waals surface area contributed by atoms with Crippen molar-refractivity contribution in [2.45, 2.75) is 47.0 Å². The maximum absolute atomic E-state index is 12.4. The molecule has 0 aliphatic heterocycles. The third-order valence-corrected chi connectivity index (χ3v) is 5.82. The van der Waals surface area contributed by atoms with E-state index >= 15 is 0 Å². The van der Waals surface area contributed by atoms with Crippen LogP contribution in [0, 0.1) is 11.3 Å². The minimum Gasteiger partial charge on any atom is -0.494 e. The fraction of sp³-hybridized carbons (Fsp3) is 0.500. The van der Waals surface area contributed by atoms with E-state index in [2.05, 4.69) is 20.6 Å². The van der Waals surface area contributed by atoms with Crippen LogP contribution in [0.25, 0.3) is 0 Å². The molecule has 1 N–H and O–H groups in total. The first kappa shape index (κ1) is 26.8. The van der Waals surface area contributed by atoms with Crippen molar-refractivity contribution in [3.8, 4) is 11.8 Å². The third-order valence-electron chi connectivity index (χ3n) is 4.93. The molecule has 0 saturated heterocycles. The largest absolute Gasteiger partial charge is 0.494 e. The number of benzene rings is 1. The van der Waals surface area contributed by atoms with E-state index in [1.165, 1.54) is 14.0 Å². The van der Waals surface area contributed by atoms with Crippen molar-refractivity contribution in [1.82, 2.24) is 9.19 Å². The Kier molecular flexibility index (Phi) is 8.05. The van der Waals surface area contributed by atoms with Crippen LogP contribution in [0.3, 0.4) is 0 Å². The zero-order valence-corrected chi connectivity index (χ0v) is 21.6. The minimum atomic E-state index is -3.88. The fourth-order valence-corrected chi connectivity index (χ4v) is 4.02.